The highest BCUT2D eigenvalue weighted by molar-refractivity contribution is 7.92. The Balaban J connectivity index is 1.37. The van der Waals surface area contributed by atoms with Crippen LogP contribution in [0.15, 0.2) is 72.9 Å². The number of nitrogens with zero attached hydrogens (tertiary/aromatic N) is 3. The highest BCUT2D eigenvalue weighted by Crippen LogP contribution is 2.27. The minimum atomic E-state index is -3.46. The Bertz CT molecular complexity index is 1510. The van der Waals surface area contributed by atoms with Crippen molar-refractivity contribution >= 4 is 38.3 Å². The molecule has 3 heterocycles. The number of carbonyl (C=O) groups excluding carboxylic acids is 1. The van der Waals surface area contributed by atoms with Crippen LogP contribution >= 0.6 is 0 Å². The molecule has 4 aromatic rings. The zero-order valence-corrected chi connectivity index (χ0v) is 18.9. The van der Waals surface area contributed by atoms with E-state index in [1.54, 1.807) is 24.4 Å². The Morgan fingerprint density at radius 1 is 0.971 bits per heavy atom. The van der Waals surface area contributed by atoms with E-state index in [1.807, 2.05) is 30.3 Å². The average molecular weight is 477 g/mol. The number of nitrogens with one attached hydrogen (secondary N) is 1. The van der Waals surface area contributed by atoms with Crippen molar-refractivity contribution in [3.8, 4) is 11.3 Å². The van der Waals surface area contributed by atoms with Gasteiger partial charge in [0, 0.05) is 24.0 Å². The summed E-state index contributed by atoms with van der Waals surface area (Å²) in [7, 11) is -3.46. The predicted molar refractivity (Wildman–Crippen MR) is 130 cm³/mol. The number of benzene rings is 2. The van der Waals surface area contributed by atoms with Crippen molar-refractivity contribution in [3.63, 3.8) is 0 Å². The summed E-state index contributed by atoms with van der Waals surface area (Å²) in [6.07, 6.45) is 3.01. The number of halogens is 1. The number of rotatable bonds is 4. The van der Waals surface area contributed by atoms with Gasteiger partial charge in [0.1, 0.15) is 5.82 Å². The second-order valence-electron chi connectivity index (χ2n) is 8.03. The Kier molecular flexibility index (Phi) is 5.70. The largest absolute Gasteiger partial charge is 0.322 e. The van der Waals surface area contributed by atoms with Gasteiger partial charge in [0.05, 0.1) is 33.7 Å². The van der Waals surface area contributed by atoms with E-state index in [9.17, 15) is 17.6 Å². The van der Waals surface area contributed by atoms with Crippen LogP contribution in [-0.4, -0.2) is 36.6 Å². The third-order valence-corrected chi connectivity index (χ3v) is 7.58. The van der Waals surface area contributed by atoms with E-state index >= 15 is 0 Å². The van der Waals surface area contributed by atoms with Gasteiger partial charge in [0.15, 0.2) is 0 Å². The van der Waals surface area contributed by atoms with E-state index in [2.05, 4.69) is 15.3 Å². The molecular formula is C25H21FN4O3S. The highest BCUT2D eigenvalue weighted by Gasteiger charge is 2.27. The van der Waals surface area contributed by atoms with Crippen molar-refractivity contribution in [3.05, 3.63) is 84.3 Å². The molecule has 0 radical (unpaired) electrons. The van der Waals surface area contributed by atoms with Crippen LogP contribution in [0, 0.1) is 5.82 Å². The maximum atomic E-state index is 14.8. The molecule has 2 aromatic carbocycles. The number of pyridine rings is 2. The molecule has 2 aromatic heterocycles. The van der Waals surface area contributed by atoms with Crippen LogP contribution in [-0.2, 0) is 10.0 Å². The van der Waals surface area contributed by atoms with Crippen molar-refractivity contribution in [1.82, 2.24) is 9.97 Å². The summed E-state index contributed by atoms with van der Waals surface area (Å²) in [6, 6.07) is 18.4. The maximum absolute atomic E-state index is 14.8. The van der Waals surface area contributed by atoms with Gasteiger partial charge in [-0.05, 0) is 67.4 Å². The molecule has 1 amide bonds. The third kappa shape index (κ3) is 4.34. The second-order valence-corrected chi connectivity index (χ2v) is 10.0. The molecule has 0 saturated carbocycles. The lowest BCUT2D eigenvalue weighted by molar-refractivity contribution is 0.102. The van der Waals surface area contributed by atoms with Crippen LogP contribution < -0.4 is 9.62 Å². The molecule has 9 heteroatoms. The van der Waals surface area contributed by atoms with Crippen molar-refractivity contribution < 1.29 is 17.6 Å². The van der Waals surface area contributed by atoms with Crippen molar-refractivity contribution in [2.24, 2.45) is 0 Å². The third-order valence-electron chi connectivity index (χ3n) is 5.71. The van der Waals surface area contributed by atoms with E-state index in [0.717, 1.165) is 28.4 Å². The Labute approximate surface area is 196 Å². The summed E-state index contributed by atoms with van der Waals surface area (Å²) in [5, 5.41) is 2.71. The van der Waals surface area contributed by atoms with Crippen molar-refractivity contribution in [2.75, 3.05) is 21.9 Å². The average Bonchev–Trinajstić information content (AvgIpc) is 2.83. The predicted octanol–water partition coefficient (Wildman–Crippen LogP) is 4.62. The van der Waals surface area contributed by atoms with Crippen LogP contribution in [0.1, 0.15) is 23.2 Å². The Morgan fingerprint density at radius 3 is 2.68 bits per heavy atom. The van der Waals surface area contributed by atoms with Gasteiger partial charge in [0.2, 0.25) is 10.0 Å². The van der Waals surface area contributed by atoms with E-state index in [4.69, 9.17) is 0 Å². The summed E-state index contributed by atoms with van der Waals surface area (Å²) in [5.41, 5.74) is 3.59. The van der Waals surface area contributed by atoms with Gasteiger partial charge in [0.25, 0.3) is 5.91 Å². The van der Waals surface area contributed by atoms with Gasteiger partial charge >= 0.3 is 0 Å². The van der Waals surface area contributed by atoms with Crippen LogP contribution in [0.25, 0.3) is 22.3 Å². The molecule has 1 N–H and O–H groups in total. The van der Waals surface area contributed by atoms with Gasteiger partial charge in [-0.15, -0.1) is 0 Å². The Morgan fingerprint density at radius 2 is 1.85 bits per heavy atom. The number of sulfonamides is 1. The van der Waals surface area contributed by atoms with Crippen LogP contribution in [0.2, 0.25) is 0 Å². The summed E-state index contributed by atoms with van der Waals surface area (Å²) in [6.45, 7) is 0.305. The SMILES string of the molecule is O=C(Nc1cccc(-c2ccc3ncccc3n2)c1)c1ccc(N2CCCCS2(=O)=O)cc1F. The van der Waals surface area contributed by atoms with Gasteiger partial charge in [-0.3, -0.25) is 14.1 Å². The molecule has 0 aliphatic carbocycles. The van der Waals surface area contributed by atoms with E-state index < -0.39 is 21.7 Å². The minimum Gasteiger partial charge on any atom is -0.322 e. The number of hydrogen-bond donors (Lipinski definition) is 1. The molecule has 1 saturated heterocycles. The summed E-state index contributed by atoms with van der Waals surface area (Å²) in [5.74, 6) is -1.37. The molecule has 0 atom stereocenters. The fraction of sp³-hybridized carbons (Fsp3) is 0.160. The number of hydrogen-bond acceptors (Lipinski definition) is 5. The van der Waals surface area contributed by atoms with Crippen LogP contribution in [0.4, 0.5) is 15.8 Å². The van der Waals surface area contributed by atoms with Gasteiger partial charge in [-0.25, -0.2) is 17.8 Å². The topological polar surface area (TPSA) is 92.3 Å². The summed E-state index contributed by atoms with van der Waals surface area (Å²) in [4.78, 5) is 21.6. The molecule has 5 rings (SSSR count). The first-order valence-electron chi connectivity index (χ1n) is 10.8. The monoisotopic (exact) mass is 476 g/mol. The first kappa shape index (κ1) is 22.0. The normalized spacial score (nSPS) is 15.3. The van der Waals surface area contributed by atoms with Crippen molar-refractivity contribution in [1.29, 1.82) is 0 Å². The zero-order valence-electron chi connectivity index (χ0n) is 18.1. The second kappa shape index (κ2) is 8.83. The molecule has 34 heavy (non-hydrogen) atoms. The molecular weight excluding hydrogens is 455 g/mol. The number of fused-ring (bicyclic) bond motifs is 1. The van der Waals surface area contributed by atoms with Gasteiger partial charge < -0.3 is 5.32 Å². The smallest absolute Gasteiger partial charge is 0.258 e. The Hall–Kier alpha value is -3.85. The standard InChI is InChI=1S/C25H21FN4O3S/c26-21-16-19(30-13-1-2-14-34(30,32)33)8-9-20(21)25(31)28-18-6-3-5-17(15-18)22-10-11-23-24(29-22)7-4-12-27-23/h3-12,15-16H,1-2,13-14H2,(H,28,31). The van der Waals surface area contributed by atoms with Crippen LogP contribution in [0.5, 0.6) is 0 Å². The lowest BCUT2D eigenvalue weighted by Crippen LogP contribution is -2.37. The molecule has 0 unspecified atom stereocenters. The number of carbonyl (C=O) groups is 1. The molecule has 172 valence electrons. The molecule has 1 aliphatic heterocycles. The van der Waals surface area contributed by atoms with Gasteiger partial charge in [-0.2, -0.15) is 0 Å². The van der Waals surface area contributed by atoms with Crippen LogP contribution in [0.3, 0.4) is 0 Å². The lowest BCUT2D eigenvalue weighted by atomic mass is 10.1. The molecule has 0 bridgehead atoms. The zero-order chi connectivity index (χ0) is 23.7. The van der Waals surface area contributed by atoms with E-state index in [0.29, 0.717) is 25.1 Å². The number of anilines is 2. The van der Waals surface area contributed by atoms with E-state index in [1.165, 1.54) is 16.4 Å². The fourth-order valence-corrected chi connectivity index (χ4v) is 5.63. The summed E-state index contributed by atoms with van der Waals surface area (Å²) >= 11 is 0. The lowest BCUT2D eigenvalue weighted by Gasteiger charge is -2.28. The van der Waals surface area contributed by atoms with E-state index in [-0.39, 0.29) is 17.0 Å². The molecule has 1 aliphatic rings. The minimum absolute atomic E-state index is 0.0375. The maximum Gasteiger partial charge on any atom is 0.258 e. The first-order chi connectivity index (χ1) is 16.4. The first-order valence-corrected chi connectivity index (χ1v) is 12.5. The molecule has 1 fully saturated rings. The highest BCUT2D eigenvalue weighted by atomic mass is 32.2. The van der Waals surface area contributed by atoms with Crippen molar-refractivity contribution in [2.45, 2.75) is 12.8 Å². The molecule has 7 nitrogen and oxygen atoms in total. The number of aromatic nitrogens is 2. The van der Waals surface area contributed by atoms with Gasteiger partial charge in [-0.1, -0.05) is 12.1 Å². The summed E-state index contributed by atoms with van der Waals surface area (Å²) < 4.78 is 40.6. The molecule has 0 spiro atoms. The fourth-order valence-electron chi connectivity index (χ4n) is 3.99. The number of amides is 1. The quantitative estimate of drug-likeness (QED) is 0.464.